The summed E-state index contributed by atoms with van der Waals surface area (Å²) >= 11 is 0. The Labute approximate surface area is 121 Å². The molecule has 1 aromatic carbocycles. The lowest BCUT2D eigenvalue weighted by molar-refractivity contribution is 0.0613. The average molecular weight is 284 g/mol. The van der Waals surface area contributed by atoms with Crippen LogP contribution in [0.5, 0.6) is 0 Å². The third-order valence-electron chi connectivity index (χ3n) is 3.04. The van der Waals surface area contributed by atoms with Crippen LogP contribution in [0.3, 0.4) is 0 Å². The van der Waals surface area contributed by atoms with Crippen LogP contribution in [-0.2, 0) is 11.3 Å². The molecular weight excluding hydrogens is 268 g/mol. The molecule has 0 aliphatic rings. The molecule has 3 aromatic rings. The van der Waals surface area contributed by atoms with Gasteiger partial charge in [-0.3, -0.25) is 4.79 Å². The summed E-state index contributed by atoms with van der Waals surface area (Å²) in [6.45, 7) is 4.14. The standard InChI is InChI=1S/C16H16N2O3/c1-10(2)20-9-14-17-12-8-13(11-6-4-3-5-7-11)21-15(12)16(19)18-14/h3-8,10H,9H2,1-2H3,(H,17,18,19). The number of hydrogen-bond donors (Lipinski definition) is 1. The summed E-state index contributed by atoms with van der Waals surface area (Å²) < 4.78 is 11.1. The van der Waals surface area contributed by atoms with E-state index in [0.29, 0.717) is 17.1 Å². The first-order chi connectivity index (χ1) is 10.1. The quantitative estimate of drug-likeness (QED) is 0.799. The first-order valence-electron chi connectivity index (χ1n) is 6.83. The van der Waals surface area contributed by atoms with E-state index in [-0.39, 0.29) is 23.9 Å². The van der Waals surface area contributed by atoms with Gasteiger partial charge in [0.15, 0.2) is 0 Å². The number of furan rings is 1. The zero-order valence-corrected chi connectivity index (χ0v) is 11.9. The van der Waals surface area contributed by atoms with E-state index in [0.717, 1.165) is 5.56 Å². The van der Waals surface area contributed by atoms with Gasteiger partial charge in [-0.05, 0) is 13.8 Å². The van der Waals surface area contributed by atoms with Gasteiger partial charge in [-0.1, -0.05) is 30.3 Å². The van der Waals surface area contributed by atoms with Crippen molar-refractivity contribution in [3.8, 4) is 11.3 Å². The number of nitrogens with one attached hydrogen (secondary N) is 1. The number of fused-ring (bicyclic) bond motifs is 1. The minimum absolute atomic E-state index is 0.0789. The molecule has 2 heterocycles. The third kappa shape index (κ3) is 2.87. The molecular formula is C16H16N2O3. The van der Waals surface area contributed by atoms with E-state index < -0.39 is 0 Å². The van der Waals surface area contributed by atoms with Gasteiger partial charge in [0.2, 0.25) is 5.58 Å². The molecule has 0 spiro atoms. The van der Waals surface area contributed by atoms with Crippen molar-refractivity contribution in [2.45, 2.75) is 26.6 Å². The number of benzene rings is 1. The van der Waals surface area contributed by atoms with Crippen molar-refractivity contribution in [2.24, 2.45) is 0 Å². The van der Waals surface area contributed by atoms with Crippen LogP contribution in [-0.4, -0.2) is 16.1 Å². The molecule has 2 aromatic heterocycles. The van der Waals surface area contributed by atoms with Crippen molar-refractivity contribution in [3.63, 3.8) is 0 Å². The van der Waals surface area contributed by atoms with Crippen molar-refractivity contribution in [1.29, 1.82) is 0 Å². The molecule has 108 valence electrons. The number of hydrogen-bond acceptors (Lipinski definition) is 4. The van der Waals surface area contributed by atoms with E-state index in [2.05, 4.69) is 9.97 Å². The van der Waals surface area contributed by atoms with Gasteiger partial charge in [0.1, 0.15) is 23.7 Å². The van der Waals surface area contributed by atoms with Crippen molar-refractivity contribution < 1.29 is 9.15 Å². The smallest absolute Gasteiger partial charge is 0.294 e. The first-order valence-corrected chi connectivity index (χ1v) is 6.83. The van der Waals surface area contributed by atoms with E-state index in [1.54, 1.807) is 6.07 Å². The Morgan fingerprint density at radius 2 is 2.05 bits per heavy atom. The molecule has 5 heteroatoms. The fraction of sp³-hybridized carbons (Fsp3) is 0.250. The maximum atomic E-state index is 12.0. The number of H-pyrrole nitrogens is 1. The summed E-state index contributed by atoms with van der Waals surface area (Å²) in [6.07, 6.45) is 0.0789. The molecule has 5 nitrogen and oxygen atoms in total. The van der Waals surface area contributed by atoms with Crippen LogP contribution in [0.2, 0.25) is 0 Å². The summed E-state index contributed by atoms with van der Waals surface area (Å²) in [6, 6.07) is 11.4. The number of ether oxygens (including phenoxy) is 1. The summed E-state index contributed by atoms with van der Waals surface area (Å²) in [5.74, 6) is 1.13. The minimum atomic E-state index is -0.287. The molecule has 0 bridgehead atoms. The van der Waals surface area contributed by atoms with Gasteiger partial charge in [-0.25, -0.2) is 4.98 Å². The predicted molar refractivity (Wildman–Crippen MR) is 80.0 cm³/mol. The SMILES string of the molecule is CC(C)OCc1nc2cc(-c3ccccc3)oc2c(=O)[nH]1. The van der Waals surface area contributed by atoms with E-state index in [9.17, 15) is 4.79 Å². The van der Waals surface area contributed by atoms with Crippen LogP contribution < -0.4 is 5.56 Å². The summed E-state index contributed by atoms with van der Waals surface area (Å²) in [4.78, 5) is 19.1. The molecule has 0 fully saturated rings. The highest BCUT2D eigenvalue weighted by molar-refractivity contribution is 5.78. The van der Waals surface area contributed by atoms with Crippen LogP contribution in [0.1, 0.15) is 19.7 Å². The Balaban J connectivity index is 2.01. The lowest BCUT2D eigenvalue weighted by atomic mass is 10.2. The van der Waals surface area contributed by atoms with E-state index in [4.69, 9.17) is 9.15 Å². The average Bonchev–Trinajstić information content (AvgIpc) is 2.91. The molecule has 0 aliphatic heterocycles. The van der Waals surface area contributed by atoms with Crippen LogP contribution in [0, 0.1) is 0 Å². The van der Waals surface area contributed by atoms with Gasteiger partial charge in [0.25, 0.3) is 5.56 Å². The van der Waals surface area contributed by atoms with E-state index >= 15 is 0 Å². The van der Waals surface area contributed by atoms with Crippen molar-refractivity contribution in [1.82, 2.24) is 9.97 Å². The van der Waals surface area contributed by atoms with Crippen LogP contribution in [0.25, 0.3) is 22.4 Å². The fourth-order valence-corrected chi connectivity index (χ4v) is 2.05. The lowest BCUT2D eigenvalue weighted by Crippen LogP contribution is -2.13. The maximum absolute atomic E-state index is 12.0. The normalized spacial score (nSPS) is 11.4. The Bertz CT molecular complexity index is 803. The molecule has 21 heavy (non-hydrogen) atoms. The second-order valence-electron chi connectivity index (χ2n) is 5.06. The van der Waals surface area contributed by atoms with Crippen molar-refractivity contribution in [2.75, 3.05) is 0 Å². The monoisotopic (exact) mass is 284 g/mol. The second-order valence-corrected chi connectivity index (χ2v) is 5.06. The molecule has 3 rings (SSSR count). The van der Waals surface area contributed by atoms with Crippen LogP contribution in [0.15, 0.2) is 45.6 Å². The lowest BCUT2D eigenvalue weighted by Gasteiger charge is -2.05. The van der Waals surface area contributed by atoms with Gasteiger partial charge < -0.3 is 14.1 Å². The highest BCUT2D eigenvalue weighted by atomic mass is 16.5. The van der Waals surface area contributed by atoms with Crippen LogP contribution >= 0.6 is 0 Å². The Morgan fingerprint density at radius 3 is 2.76 bits per heavy atom. The summed E-state index contributed by atoms with van der Waals surface area (Å²) in [5, 5.41) is 0. The van der Waals surface area contributed by atoms with Crippen molar-refractivity contribution in [3.05, 3.63) is 52.6 Å². The summed E-state index contributed by atoms with van der Waals surface area (Å²) in [7, 11) is 0. The van der Waals surface area contributed by atoms with Gasteiger partial charge in [0, 0.05) is 11.6 Å². The highest BCUT2D eigenvalue weighted by Crippen LogP contribution is 2.24. The van der Waals surface area contributed by atoms with Gasteiger partial charge >= 0.3 is 0 Å². The number of rotatable bonds is 4. The fourth-order valence-electron chi connectivity index (χ4n) is 2.05. The molecule has 0 radical (unpaired) electrons. The topological polar surface area (TPSA) is 68.1 Å². The molecule has 0 aliphatic carbocycles. The highest BCUT2D eigenvalue weighted by Gasteiger charge is 2.12. The Morgan fingerprint density at radius 1 is 1.29 bits per heavy atom. The minimum Gasteiger partial charge on any atom is -0.449 e. The van der Waals surface area contributed by atoms with Gasteiger partial charge in [-0.15, -0.1) is 0 Å². The number of aromatic amines is 1. The maximum Gasteiger partial charge on any atom is 0.294 e. The van der Waals surface area contributed by atoms with Gasteiger partial charge in [-0.2, -0.15) is 0 Å². The Kier molecular flexibility index (Phi) is 3.58. The second kappa shape index (κ2) is 5.54. The molecule has 1 N–H and O–H groups in total. The first kappa shape index (κ1) is 13.6. The molecule has 0 unspecified atom stereocenters. The van der Waals surface area contributed by atoms with E-state index in [1.807, 2.05) is 44.2 Å². The zero-order valence-electron chi connectivity index (χ0n) is 11.9. The molecule has 0 atom stereocenters. The number of nitrogens with zero attached hydrogens (tertiary/aromatic N) is 1. The summed E-state index contributed by atoms with van der Waals surface area (Å²) in [5.41, 5.74) is 1.40. The molecule has 0 saturated heterocycles. The third-order valence-corrected chi connectivity index (χ3v) is 3.04. The largest absolute Gasteiger partial charge is 0.449 e. The Hall–Kier alpha value is -2.40. The number of aromatic nitrogens is 2. The van der Waals surface area contributed by atoms with Crippen molar-refractivity contribution >= 4 is 11.1 Å². The van der Waals surface area contributed by atoms with E-state index in [1.165, 1.54) is 0 Å². The van der Waals surface area contributed by atoms with Crippen LogP contribution in [0.4, 0.5) is 0 Å². The molecule has 0 amide bonds. The predicted octanol–water partition coefficient (Wildman–Crippen LogP) is 3.11. The zero-order chi connectivity index (χ0) is 14.8. The molecule has 0 saturated carbocycles. The van der Waals surface area contributed by atoms with Gasteiger partial charge in [0.05, 0.1) is 6.10 Å².